The molecule has 1 N–H and O–H groups in total. The van der Waals surface area contributed by atoms with Gasteiger partial charge in [0.05, 0.1) is 5.92 Å². The van der Waals surface area contributed by atoms with E-state index in [9.17, 15) is 13.6 Å². The van der Waals surface area contributed by atoms with E-state index < -0.39 is 0 Å². The first kappa shape index (κ1) is 22.0. The number of hydrogen-bond acceptors (Lipinski definition) is 3. The molecule has 0 spiro atoms. The minimum atomic E-state index is -0.336. The Kier molecular flexibility index (Phi) is 5.96. The quantitative estimate of drug-likeness (QED) is 0.459. The fraction of sp³-hybridized carbons (Fsp3) is 0.269. The van der Waals surface area contributed by atoms with Gasteiger partial charge >= 0.3 is 0 Å². The molecule has 4 aromatic rings. The molecule has 1 unspecified atom stereocenters. The first-order valence-corrected chi connectivity index (χ1v) is 11.4. The van der Waals surface area contributed by atoms with Crippen molar-refractivity contribution in [1.82, 2.24) is 24.6 Å². The van der Waals surface area contributed by atoms with Crippen LogP contribution >= 0.6 is 0 Å². The van der Waals surface area contributed by atoms with Gasteiger partial charge in [-0.3, -0.25) is 9.48 Å². The molecule has 1 amide bonds. The van der Waals surface area contributed by atoms with E-state index in [4.69, 9.17) is 0 Å². The number of benzene rings is 2. The average Bonchev–Trinajstić information content (AvgIpc) is 3.51. The minimum absolute atomic E-state index is 0.178. The summed E-state index contributed by atoms with van der Waals surface area (Å²) in [5, 5.41) is 4.48. The van der Waals surface area contributed by atoms with Gasteiger partial charge in [-0.15, -0.1) is 0 Å². The molecule has 0 saturated carbocycles. The second-order valence-electron chi connectivity index (χ2n) is 8.64. The molecule has 0 radical (unpaired) electrons. The van der Waals surface area contributed by atoms with Crippen LogP contribution in [0.15, 0.2) is 67.1 Å². The predicted octanol–water partition coefficient (Wildman–Crippen LogP) is 4.92. The molecule has 2 aromatic heterocycles. The van der Waals surface area contributed by atoms with Gasteiger partial charge in [-0.05, 0) is 54.7 Å². The third-order valence-corrected chi connectivity index (χ3v) is 6.42. The van der Waals surface area contributed by atoms with Crippen LogP contribution in [0.1, 0.15) is 47.1 Å². The Morgan fingerprint density at radius 3 is 2.44 bits per heavy atom. The standard InChI is InChI=1S/C26H25F2N5O/c1-32-16-21(17-5-9-19(27)10-6-17)24(31-32)26(34)33-15-3-2-4-22(33)23(25-29-13-14-30-25)18-7-11-20(28)12-8-18/h5-14,16,22-23H,2-4,15H2,1H3,(H,29,30)/t22-,23?/m0/s1. The summed E-state index contributed by atoms with van der Waals surface area (Å²) in [6, 6.07) is 12.3. The number of carbonyl (C=O) groups is 1. The van der Waals surface area contributed by atoms with E-state index in [2.05, 4.69) is 15.1 Å². The van der Waals surface area contributed by atoms with Crippen molar-refractivity contribution < 1.29 is 13.6 Å². The van der Waals surface area contributed by atoms with Gasteiger partial charge in [0.15, 0.2) is 5.69 Å². The summed E-state index contributed by atoms with van der Waals surface area (Å²) in [5.41, 5.74) is 2.61. The number of carbonyl (C=O) groups excluding carboxylic acids is 1. The number of imidazole rings is 1. The molecule has 0 aliphatic carbocycles. The van der Waals surface area contributed by atoms with Crippen LogP contribution in [-0.4, -0.2) is 43.1 Å². The zero-order valence-electron chi connectivity index (χ0n) is 18.8. The molecule has 34 heavy (non-hydrogen) atoms. The van der Waals surface area contributed by atoms with Gasteiger partial charge in [-0.25, -0.2) is 13.8 Å². The molecule has 6 nitrogen and oxygen atoms in total. The van der Waals surface area contributed by atoms with E-state index >= 15 is 0 Å². The number of aryl methyl sites for hydroxylation is 1. The van der Waals surface area contributed by atoms with Gasteiger partial charge in [0, 0.05) is 43.8 Å². The van der Waals surface area contributed by atoms with Gasteiger partial charge in [-0.2, -0.15) is 5.10 Å². The van der Waals surface area contributed by atoms with Crippen LogP contribution in [0.25, 0.3) is 11.1 Å². The van der Waals surface area contributed by atoms with E-state index in [0.29, 0.717) is 17.8 Å². The smallest absolute Gasteiger partial charge is 0.275 e. The second-order valence-corrected chi connectivity index (χ2v) is 8.64. The number of nitrogens with zero attached hydrogens (tertiary/aromatic N) is 4. The molecular formula is C26H25F2N5O. The number of aromatic nitrogens is 4. The molecule has 5 rings (SSSR count). The maximum atomic E-state index is 13.9. The van der Waals surface area contributed by atoms with Crippen molar-refractivity contribution in [1.29, 1.82) is 0 Å². The molecule has 1 saturated heterocycles. The lowest BCUT2D eigenvalue weighted by molar-refractivity contribution is 0.0581. The molecule has 0 bridgehead atoms. The van der Waals surface area contributed by atoms with Gasteiger partial charge in [0.2, 0.25) is 0 Å². The second kappa shape index (κ2) is 9.21. The molecule has 2 aromatic carbocycles. The number of amides is 1. The summed E-state index contributed by atoms with van der Waals surface area (Å²) in [6.45, 7) is 0.585. The fourth-order valence-electron chi connectivity index (χ4n) is 4.86. The van der Waals surface area contributed by atoms with Gasteiger partial charge in [0.25, 0.3) is 5.91 Å². The summed E-state index contributed by atoms with van der Waals surface area (Å²) < 4.78 is 28.8. The Bertz CT molecular complexity index is 1270. The van der Waals surface area contributed by atoms with Crippen molar-refractivity contribution in [2.75, 3.05) is 6.54 Å². The number of aromatic amines is 1. The SMILES string of the molecule is Cn1cc(-c2ccc(F)cc2)c(C(=O)N2CCCC[C@H]2C(c2ccc(F)cc2)c2ncc[nH]2)n1. The molecule has 8 heteroatoms. The number of likely N-dealkylation sites (tertiary alicyclic amines) is 1. The lowest BCUT2D eigenvalue weighted by atomic mass is 9.84. The lowest BCUT2D eigenvalue weighted by Crippen LogP contribution is -2.47. The van der Waals surface area contributed by atoms with E-state index in [1.165, 1.54) is 24.3 Å². The maximum Gasteiger partial charge on any atom is 0.275 e. The Morgan fingerprint density at radius 2 is 1.76 bits per heavy atom. The number of hydrogen-bond donors (Lipinski definition) is 1. The van der Waals surface area contributed by atoms with Crippen molar-refractivity contribution >= 4 is 5.91 Å². The van der Waals surface area contributed by atoms with Crippen LogP contribution in [-0.2, 0) is 7.05 Å². The molecule has 174 valence electrons. The zero-order valence-corrected chi connectivity index (χ0v) is 18.8. The van der Waals surface area contributed by atoms with E-state index in [1.54, 1.807) is 54.6 Å². The van der Waals surface area contributed by atoms with Crippen LogP contribution in [0.4, 0.5) is 8.78 Å². The fourth-order valence-corrected chi connectivity index (χ4v) is 4.86. The number of piperidine rings is 1. The number of nitrogens with one attached hydrogen (secondary N) is 1. The van der Waals surface area contributed by atoms with Crippen molar-refractivity contribution in [3.63, 3.8) is 0 Å². The number of rotatable bonds is 5. The van der Waals surface area contributed by atoms with Crippen LogP contribution in [0, 0.1) is 11.6 Å². The first-order chi connectivity index (χ1) is 16.5. The Balaban J connectivity index is 1.54. The average molecular weight is 462 g/mol. The van der Waals surface area contributed by atoms with Crippen molar-refractivity contribution in [3.8, 4) is 11.1 Å². The molecule has 3 heterocycles. The third-order valence-electron chi connectivity index (χ3n) is 6.42. The van der Waals surface area contributed by atoms with Crippen molar-refractivity contribution in [2.45, 2.75) is 31.2 Å². The minimum Gasteiger partial charge on any atom is -0.348 e. The summed E-state index contributed by atoms with van der Waals surface area (Å²) in [5.74, 6) is -0.328. The number of halogens is 2. The van der Waals surface area contributed by atoms with Crippen LogP contribution in [0.5, 0.6) is 0 Å². The van der Waals surface area contributed by atoms with E-state index in [0.717, 1.165) is 36.2 Å². The van der Waals surface area contributed by atoms with Crippen LogP contribution in [0.3, 0.4) is 0 Å². The summed E-state index contributed by atoms with van der Waals surface area (Å²) >= 11 is 0. The van der Waals surface area contributed by atoms with E-state index in [-0.39, 0.29) is 29.5 Å². The largest absolute Gasteiger partial charge is 0.348 e. The normalized spacial score (nSPS) is 17.0. The molecule has 1 aliphatic heterocycles. The first-order valence-electron chi connectivity index (χ1n) is 11.4. The highest BCUT2D eigenvalue weighted by Crippen LogP contribution is 2.36. The Morgan fingerprint density at radius 1 is 1.06 bits per heavy atom. The van der Waals surface area contributed by atoms with Gasteiger partial charge in [0.1, 0.15) is 17.5 Å². The summed E-state index contributed by atoms with van der Waals surface area (Å²) in [7, 11) is 1.77. The Hall–Kier alpha value is -3.81. The van der Waals surface area contributed by atoms with Gasteiger partial charge < -0.3 is 9.88 Å². The zero-order chi connectivity index (χ0) is 23.7. The number of H-pyrrole nitrogens is 1. The summed E-state index contributed by atoms with van der Waals surface area (Å²) in [4.78, 5) is 23.5. The van der Waals surface area contributed by atoms with E-state index in [1.807, 2.05) is 4.90 Å². The maximum absolute atomic E-state index is 13.9. The molecule has 2 atom stereocenters. The monoisotopic (exact) mass is 461 g/mol. The van der Waals surface area contributed by atoms with Crippen LogP contribution in [0.2, 0.25) is 0 Å². The Labute approximate surface area is 196 Å². The topological polar surface area (TPSA) is 66.8 Å². The lowest BCUT2D eigenvalue weighted by Gasteiger charge is -2.40. The predicted molar refractivity (Wildman–Crippen MR) is 124 cm³/mol. The third kappa shape index (κ3) is 4.23. The highest BCUT2D eigenvalue weighted by atomic mass is 19.1. The highest BCUT2D eigenvalue weighted by Gasteiger charge is 2.38. The molecular weight excluding hydrogens is 436 g/mol. The highest BCUT2D eigenvalue weighted by molar-refractivity contribution is 5.99. The molecule has 1 fully saturated rings. The van der Waals surface area contributed by atoms with Crippen LogP contribution < -0.4 is 0 Å². The summed E-state index contributed by atoms with van der Waals surface area (Å²) in [6.07, 6.45) is 7.87. The van der Waals surface area contributed by atoms with Crippen molar-refractivity contribution in [2.24, 2.45) is 7.05 Å². The van der Waals surface area contributed by atoms with Crippen molar-refractivity contribution in [3.05, 3.63) is 95.8 Å². The van der Waals surface area contributed by atoms with Gasteiger partial charge in [-0.1, -0.05) is 24.3 Å². The molecule has 1 aliphatic rings.